The van der Waals surface area contributed by atoms with Gasteiger partial charge in [0.15, 0.2) is 5.60 Å². The fourth-order valence-electron chi connectivity index (χ4n) is 7.99. The Morgan fingerprint density at radius 1 is 1.11 bits per heavy atom. The first-order chi connectivity index (χ1) is 13.0. The zero-order valence-corrected chi connectivity index (χ0v) is 17.4. The van der Waals surface area contributed by atoms with Crippen LogP contribution in [0.5, 0.6) is 0 Å². The average Bonchev–Trinajstić information content (AvgIpc) is 2.98. The molecule has 0 radical (unpaired) electrons. The Morgan fingerprint density at radius 3 is 2.46 bits per heavy atom. The van der Waals surface area contributed by atoms with Crippen LogP contribution in [0.15, 0.2) is 11.6 Å². The Balaban J connectivity index is 1.62. The molecule has 3 saturated carbocycles. The zero-order valence-electron chi connectivity index (χ0n) is 17.4. The second kappa shape index (κ2) is 6.47. The van der Waals surface area contributed by atoms with E-state index in [1.165, 1.54) is 6.42 Å². The van der Waals surface area contributed by atoms with Crippen molar-refractivity contribution >= 4 is 0 Å². The monoisotopic (exact) mass is 400 g/mol. The van der Waals surface area contributed by atoms with Crippen molar-refractivity contribution in [2.75, 3.05) is 6.61 Å². The maximum Gasteiger partial charge on any atom is 0.417 e. The van der Waals surface area contributed by atoms with Crippen molar-refractivity contribution in [3.8, 4) is 0 Å². The lowest BCUT2D eigenvalue weighted by molar-refractivity contribution is -0.271. The van der Waals surface area contributed by atoms with Crippen LogP contribution in [0.2, 0.25) is 0 Å². The van der Waals surface area contributed by atoms with Crippen LogP contribution in [0, 0.1) is 40.4 Å². The molecule has 0 aliphatic heterocycles. The van der Waals surface area contributed by atoms with Gasteiger partial charge in [-0.05, 0) is 85.4 Å². The van der Waals surface area contributed by atoms with E-state index >= 15 is 0 Å². The molecule has 4 aliphatic carbocycles. The summed E-state index contributed by atoms with van der Waals surface area (Å²) in [6, 6.07) is 0. The van der Waals surface area contributed by atoms with Crippen LogP contribution in [0.4, 0.5) is 13.2 Å². The van der Waals surface area contributed by atoms with Crippen LogP contribution in [0.3, 0.4) is 0 Å². The van der Waals surface area contributed by atoms with Crippen LogP contribution in [-0.4, -0.2) is 28.6 Å². The molecule has 4 aliphatic rings. The normalized spacial score (nSPS) is 49.6. The summed E-state index contributed by atoms with van der Waals surface area (Å²) in [6.07, 6.45) is 2.86. The summed E-state index contributed by atoms with van der Waals surface area (Å²) in [5.74, 6) is 2.41. The SMILES string of the molecule is C[C@H](CO)C1CC[C@H]2[C@@H]3CC=C4C[C@](O)(C(F)(F)F)CC[C@]4(C)[C@H]3CC[C@]12C. The lowest BCUT2D eigenvalue weighted by Gasteiger charge is -2.59. The molecule has 28 heavy (non-hydrogen) atoms. The van der Waals surface area contributed by atoms with Crippen molar-refractivity contribution in [3.63, 3.8) is 0 Å². The maximum atomic E-state index is 13.4. The lowest BCUT2D eigenvalue weighted by atomic mass is 9.46. The van der Waals surface area contributed by atoms with Crippen molar-refractivity contribution in [1.29, 1.82) is 0 Å². The fourth-order valence-corrected chi connectivity index (χ4v) is 7.99. The number of aliphatic hydroxyl groups is 2. The Labute approximate surface area is 166 Å². The highest BCUT2D eigenvalue weighted by molar-refractivity contribution is 5.27. The maximum absolute atomic E-state index is 13.4. The molecular weight excluding hydrogens is 365 g/mol. The van der Waals surface area contributed by atoms with Gasteiger partial charge in [-0.15, -0.1) is 0 Å². The first-order valence-electron chi connectivity index (χ1n) is 11.1. The van der Waals surface area contributed by atoms with Crippen molar-refractivity contribution in [1.82, 2.24) is 0 Å². The van der Waals surface area contributed by atoms with E-state index in [2.05, 4.69) is 26.8 Å². The molecule has 5 heteroatoms. The molecule has 2 N–H and O–H groups in total. The largest absolute Gasteiger partial charge is 0.417 e. The van der Waals surface area contributed by atoms with E-state index in [1.807, 2.05) is 0 Å². The van der Waals surface area contributed by atoms with Gasteiger partial charge in [0.2, 0.25) is 0 Å². The smallest absolute Gasteiger partial charge is 0.396 e. The Morgan fingerprint density at radius 2 is 1.82 bits per heavy atom. The number of rotatable bonds is 2. The average molecular weight is 401 g/mol. The summed E-state index contributed by atoms with van der Waals surface area (Å²) in [7, 11) is 0. The minimum atomic E-state index is -4.56. The Kier molecular flexibility index (Phi) is 4.79. The van der Waals surface area contributed by atoms with Gasteiger partial charge in [0, 0.05) is 13.0 Å². The highest BCUT2D eigenvalue weighted by Gasteiger charge is 2.63. The van der Waals surface area contributed by atoms with Crippen LogP contribution >= 0.6 is 0 Å². The Bertz CT molecular complexity index is 659. The first kappa shape index (κ1) is 20.7. The van der Waals surface area contributed by atoms with Crippen LogP contribution in [0.1, 0.15) is 72.1 Å². The van der Waals surface area contributed by atoms with Gasteiger partial charge in [-0.2, -0.15) is 13.2 Å². The summed E-state index contributed by atoms with van der Waals surface area (Å²) in [5, 5.41) is 20.0. The van der Waals surface area contributed by atoms with E-state index in [1.54, 1.807) is 0 Å². The van der Waals surface area contributed by atoms with E-state index < -0.39 is 11.8 Å². The van der Waals surface area contributed by atoms with Crippen LogP contribution in [-0.2, 0) is 0 Å². The molecule has 0 heterocycles. The molecule has 0 amide bonds. The summed E-state index contributed by atoms with van der Waals surface area (Å²) in [6.45, 7) is 6.96. The second-order valence-corrected chi connectivity index (χ2v) is 10.9. The van der Waals surface area contributed by atoms with Gasteiger partial charge in [-0.3, -0.25) is 0 Å². The molecular formula is C23H35F3O2. The molecule has 0 aromatic rings. The molecule has 0 aromatic carbocycles. The molecule has 0 aromatic heterocycles. The van der Waals surface area contributed by atoms with Gasteiger partial charge in [-0.25, -0.2) is 0 Å². The zero-order chi connectivity index (χ0) is 20.5. The van der Waals surface area contributed by atoms with E-state index in [0.29, 0.717) is 36.0 Å². The van der Waals surface area contributed by atoms with Crippen LogP contribution < -0.4 is 0 Å². The second-order valence-electron chi connectivity index (χ2n) is 10.9. The third-order valence-corrected chi connectivity index (χ3v) is 9.74. The van der Waals surface area contributed by atoms with E-state index in [-0.39, 0.29) is 30.3 Å². The minimum absolute atomic E-state index is 0.181. The predicted octanol–water partition coefficient (Wildman–Crippen LogP) is 5.49. The highest BCUT2D eigenvalue weighted by Crippen LogP contribution is 2.68. The third kappa shape index (κ3) is 2.74. The molecule has 1 unspecified atom stereocenters. The van der Waals surface area contributed by atoms with E-state index in [4.69, 9.17) is 0 Å². The third-order valence-electron chi connectivity index (χ3n) is 9.74. The fraction of sp³-hybridized carbons (Fsp3) is 0.913. The van der Waals surface area contributed by atoms with Gasteiger partial charge in [-0.1, -0.05) is 32.4 Å². The number of alkyl halides is 3. The van der Waals surface area contributed by atoms with Crippen molar-refractivity contribution in [2.24, 2.45) is 40.4 Å². The van der Waals surface area contributed by atoms with Gasteiger partial charge in [0.1, 0.15) is 0 Å². The molecule has 0 saturated heterocycles. The van der Waals surface area contributed by atoms with Gasteiger partial charge in [0.05, 0.1) is 0 Å². The van der Waals surface area contributed by atoms with Crippen molar-refractivity contribution < 1.29 is 23.4 Å². The predicted molar refractivity (Wildman–Crippen MR) is 102 cm³/mol. The summed E-state index contributed by atoms with van der Waals surface area (Å²) in [5.41, 5.74) is -1.67. The number of allylic oxidation sites excluding steroid dienone is 1. The first-order valence-corrected chi connectivity index (χ1v) is 11.1. The summed E-state index contributed by atoms with van der Waals surface area (Å²) in [4.78, 5) is 0. The quantitative estimate of drug-likeness (QED) is 0.602. The molecule has 4 rings (SSSR count). The van der Waals surface area contributed by atoms with Crippen molar-refractivity contribution in [3.05, 3.63) is 11.6 Å². The summed E-state index contributed by atoms with van der Waals surface area (Å²) < 4.78 is 40.3. The highest BCUT2D eigenvalue weighted by atomic mass is 19.4. The number of hydrogen-bond acceptors (Lipinski definition) is 2. The molecule has 2 nitrogen and oxygen atoms in total. The molecule has 8 atom stereocenters. The van der Waals surface area contributed by atoms with Gasteiger partial charge >= 0.3 is 6.18 Å². The lowest BCUT2D eigenvalue weighted by Crippen LogP contribution is -2.55. The van der Waals surface area contributed by atoms with E-state index in [0.717, 1.165) is 31.3 Å². The van der Waals surface area contributed by atoms with Crippen molar-refractivity contribution in [2.45, 2.75) is 83.9 Å². The molecule has 0 spiro atoms. The standard InChI is InChI=1S/C23H35F3O2/c1-14(13-27)17-6-7-18-16-5-4-15-12-22(28,23(24,25)26)11-10-20(15,2)19(16)8-9-21(17,18)3/h4,14,16-19,27-28H,5-13H2,1-3H3/t14-,16+,17?,18+,19+,20+,21-,22+/m1/s1. The minimum Gasteiger partial charge on any atom is -0.396 e. The molecule has 3 fully saturated rings. The number of aliphatic hydroxyl groups excluding tert-OH is 1. The topological polar surface area (TPSA) is 40.5 Å². The molecule has 160 valence electrons. The van der Waals surface area contributed by atoms with Crippen LogP contribution in [0.25, 0.3) is 0 Å². The van der Waals surface area contributed by atoms with E-state index in [9.17, 15) is 23.4 Å². The van der Waals surface area contributed by atoms with Gasteiger partial charge < -0.3 is 10.2 Å². The molecule has 0 bridgehead atoms. The number of halogens is 3. The Hall–Kier alpha value is -0.550. The number of fused-ring (bicyclic) bond motifs is 5. The van der Waals surface area contributed by atoms with Gasteiger partial charge in [0.25, 0.3) is 0 Å². The summed E-state index contributed by atoms with van der Waals surface area (Å²) >= 11 is 0. The number of hydrogen-bond donors (Lipinski definition) is 2.